The van der Waals surface area contributed by atoms with E-state index in [0.29, 0.717) is 0 Å². The molecule has 0 radical (unpaired) electrons. The third-order valence-corrected chi connectivity index (χ3v) is 10.3. The van der Waals surface area contributed by atoms with Gasteiger partial charge < -0.3 is 4.42 Å². The van der Waals surface area contributed by atoms with Crippen molar-refractivity contribution in [3.63, 3.8) is 0 Å². The highest BCUT2D eigenvalue weighted by molar-refractivity contribution is 6.21. The van der Waals surface area contributed by atoms with Gasteiger partial charge in [-0.25, -0.2) is 0 Å². The van der Waals surface area contributed by atoms with E-state index in [1.807, 2.05) is 0 Å². The molecule has 0 saturated heterocycles. The molecule has 1 heteroatoms. The lowest BCUT2D eigenvalue weighted by atomic mass is 9.85. The molecular weight excluding hydrogens is 617 g/mol. The molecule has 0 fully saturated rings. The minimum absolute atomic E-state index is 0.918. The molecule has 238 valence electrons. The molecule has 0 saturated carbocycles. The van der Waals surface area contributed by atoms with Gasteiger partial charge in [0, 0.05) is 21.9 Å². The first-order chi connectivity index (χ1) is 25.3. The summed E-state index contributed by atoms with van der Waals surface area (Å²) in [5.74, 6) is 0. The summed E-state index contributed by atoms with van der Waals surface area (Å²) in [6.07, 6.45) is 0. The van der Waals surface area contributed by atoms with Crippen LogP contribution in [-0.4, -0.2) is 0 Å². The van der Waals surface area contributed by atoms with Crippen LogP contribution in [0.1, 0.15) is 0 Å². The zero-order valence-corrected chi connectivity index (χ0v) is 27.9. The molecule has 51 heavy (non-hydrogen) atoms. The number of fused-ring (bicyclic) bond motifs is 5. The predicted molar refractivity (Wildman–Crippen MR) is 216 cm³/mol. The second-order valence-corrected chi connectivity index (χ2v) is 13.2. The standard InChI is InChI=1S/C50H32O/c1-3-14-33(15-4-1)37-18-11-19-38(32-37)48-43-22-9-7-20-41(43)47(42-21-8-10-23-44(42)48)36-30-28-35(29-31-36)40-25-13-27-46-45-26-12-24-39(49(45)51-50(40)46)34-16-5-2-6-17-34/h1-32H. The molecule has 0 amide bonds. The largest absolute Gasteiger partial charge is 0.455 e. The molecule has 0 bridgehead atoms. The van der Waals surface area contributed by atoms with E-state index in [-0.39, 0.29) is 0 Å². The maximum Gasteiger partial charge on any atom is 0.143 e. The van der Waals surface area contributed by atoms with Crippen LogP contribution in [0.4, 0.5) is 0 Å². The van der Waals surface area contributed by atoms with Crippen molar-refractivity contribution >= 4 is 43.5 Å². The first-order valence-electron chi connectivity index (χ1n) is 17.5. The Morgan fingerprint density at radius 1 is 0.235 bits per heavy atom. The van der Waals surface area contributed by atoms with Gasteiger partial charge in [0.15, 0.2) is 0 Å². The molecule has 0 aliphatic carbocycles. The molecular formula is C50H32O. The monoisotopic (exact) mass is 648 g/mol. The van der Waals surface area contributed by atoms with Gasteiger partial charge in [-0.1, -0.05) is 188 Å². The number of hydrogen-bond acceptors (Lipinski definition) is 1. The van der Waals surface area contributed by atoms with Gasteiger partial charge in [0.05, 0.1) is 0 Å². The highest BCUT2D eigenvalue weighted by Crippen LogP contribution is 2.45. The van der Waals surface area contributed by atoms with Gasteiger partial charge in [0.1, 0.15) is 11.2 Å². The van der Waals surface area contributed by atoms with Crippen LogP contribution in [0.25, 0.3) is 99.1 Å². The highest BCUT2D eigenvalue weighted by Gasteiger charge is 2.19. The molecule has 0 aliphatic rings. The van der Waals surface area contributed by atoms with Crippen LogP contribution in [0, 0.1) is 0 Å². The maximum atomic E-state index is 6.75. The van der Waals surface area contributed by atoms with Crippen molar-refractivity contribution in [3.8, 4) is 55.6 Å². The Morgan fingerprint density at radius 3 is 1.16 bits per heavy atom. The van der Waals surface area contributed by atoms with Gasteiger partial charge in [-0.15, -0.1) is 0 Å². The van der Waals surface area contributed by atoms with Crippen molar-refractivity contribution in [3.05, 3.63) is 194 Å². The van der Waals surface area contributed by atoms with Crippen LogP contribution in [0.15, 0.2) is 199 Å². The fourth-order valence-electron chi connectivity index (χ4n) is 7.94. The molecule has 10 rings (SSSR count). The molecule has 1 nitrogen and oxygen atoms in total. The molecule has 0 unspecified atom stereocenters. The van der Waals surface area contributed by atoms with Gasteiger partial charge in [-0.2, -0.15) is 0 Å². The third-order valence-electron chi connectivity index (χ3n) is 10.3. The molecule has 9 aromatic carbocycles. The minimum Gasteiger partial charge on any atom is -0.455 e. The highest BCUT2D eigenvalue weighted by atomic mass is 16.3. The van der Waals surface area contributed by atoms with Crippen LogP contribution >= 0.6 is 0 Å². The average molecular weight is 649 g/mol. The molecule has 0 aliphatic heterocycles. The minimum atomic E-state index is 0.918. The Hall–Kier alpha value is -6.70. The Kier molecular flexibility index (Phi) is 6.89. The third kappa shape index (κ3) is 4.86. The fourth-order valence-corrected chi connectivity index (χ4v) is 7.94. The van der Waals surface area contributed by atoms with Crippen LogP contribution in [-0.2, 0) is 0 Å². The van der Waals surface area contributed by atoms with Gasteiger partial charge in [0.25, 0.3) is 0 Å². The smallest absolute Gasteiger partial charge is 0.143 e. The predicted octanol–water partition coefficient (Wildman–Crippen LogP) is 14.2. The van der Waals surface area contributed by atoms with Gasteiger partial charge in [0.2, 0.25) is 0 Å². The Balaban J connectivity index is 1.12. The number of rotatable bonds is 5. The Morgan fingerprint density at radius 2 is 0.608 bits per heavy atom. The molecule has 0 atom stereocenters. The molecule has 10 aromatic rings. The Bertz CT molecular complexity index is 2820. The first-order valence-corrected chi connectivity index (χ1v) is 17.5. The number of para-hydroxylation sites is 2. The topological polar surface area (TPSA) is 13.1 Å². The molecule has 1 heterocycles. The number of benzene rings is 9. The lowest BCUT2D eigenvalue weighted by Gasteiger charge is -2.18. The molecule has 1 aromatic heterocycles. The zero-order valence-electron chi connectivity index (χ0n) is 27.9. The molecule has 0 N–H and O–H groups in total. The van der Waals surface area contributed by atoms with Crippen molar-refractivity contribution in [1.29, 1.82) is 0 Å². The Labute approximate surface area is 296 Å². The van der Waals surface area contributed by atoms with E-state index < -0.39 is 0 Å². The summed E-state index contributed by atoms with van der Waals surface area (Å²) in [4.78, 5) is 0. The van der Waals surface area contributed by atoms with Gasteiger partial charge in [-0.05, 0) is 72.1 Å². The van der Waals surface area contributed by atoms with Crippen LogP contribution in [0.5, 0.6) is 0 Å². The summed E-state index contributed by atoms with van der Waals surface area (Å²) in [7, 11) is 0. The summed E-state index contributed by atoms with van der Waals surface area (Å²) >= 11 is 0. The van der Waals surface area contributed by atoms with Crippen LogP contribution in [0.2, 0.25) is 0 Å². The second kappa shape index (κ2) is 12.0. The van der Waals surface area contributed by atoms with Crippen molar-refractivity contribution in [1.82, 2.24) is 0 Å². The van der Waals surface area contributed by atoms with E-state index in [4.69, 9.17) is 4.42 Å². The van der Waals surface area contributed by atoms with Crippen molar-refractivity contribution in [2.24, 2.45) is 0 Å². The number of furan rings is 1. The summed E-state index contributed by atoms with van der Waals surface area (Å²) in [5, 5.41) is 7.27. The fraction of sp³-hybridized carbons (Fsp3) is 0. The van der Waals surface area contributed by atoms with Crippen LogP contribution in [0.3, 0.4) is 0 Å². The molecule has 0 spiro atoms. The number of hydrogen-bond donors (Lipinski definition) is 0. The van der Waals surface area contributed by atoms with Crippen LogP contribution < -0.4 is 0 Å². The zero-order chi connectivity index (χ0) is 33.7. The lowest BCUT2D eigenvalue weighted by molar-refractivity contribution is 0.671. The average Bonchev–Trinajstić information content (AvgIpc) is 3.60. The van der Waals surface area contributed by atoms with Crippen molar-refractivity contribution in [2.75, 3.05) is 0 Å². The van der Waals surface area contributed by atoms with Crippen molar-refractivity contribution < 1.29 is 4.42 Å². The lowest BCUT2D eigenvalue weighted by Crippen LogP contribution is -1.91. The van der Waals surface area contributed by atoms with E-state index in [2.05, 4.69) is 194 Å². The summed E-state index contributed by atoms with van der Waals surface area (Å²) in [6.45, 7) is 0. The maximum absolute atomic E-state index is 6.75. The normalized spacial score (nSPS) is 11.5. The van der Waals surface area contributed by atoms with E-state index in [9.17, 15) is 0 Å². The van der Waals surface area contributed by atoms with Gasteiger partial charge in [-0.3, -0.25) is 0 Å². The summed E-state index contributed by atoms with van der Waals surface area (Å²) in [6, 6.07) is 69.8. The summed E-state index contributed by atoms with van der Waals surface area (Å²) in [5.41, 5.74) is 13.7. The van der Waals surface area contributed by atoms with E-state index in [0.717, 1.165) is 44.2 Å². The summed E-state index contributed by atoms with van der Waals surface area (Å²) < 4.78 is 6.75. The van der Waals surface area contributed by atoms with Gasteiger partial charge >= 0.3 is 0 Å². The van der Waals surface area contributed by atoms with Crippen molar-refractivity contribution in [2.45, 2.75) is 0 Å². The quantitative estimate of drug-likeness (QED) is 0.169. The van der Waals surface area contributed by atoms with E-state index in [1.165, 1.54) is 54.9 Å². The van der Waals surface area contributed by atoms with E-state index in [1.54, 1.807) is 0 Å². The van der Waals surface area contributed by atoms with E-state index >= 15 is 0 Å². The SMILES string of the molecule is c1ccc(-c2cccc(-c3c4ccccc4c(-c4ccc(-c5cccc6c5oc5c(-c7ccccc7)cccc56)cc4)c4ccccc34)c2)cc1. The first kappa shape index (κ1) is 29.2. The second-order valence-electron chi connectivity index (χ2n) is 13.2.